The van der Waals surface area contributed by atoms with Crippen LogP contribution in [0.4, 0.5) is 10.2 Å². The summed E-state index contributed by atoms with van der Waals surface area (Å²) >= 11 is 0. The molecule has 1 aliphatic rings. The smallest absolute Gasteiger partial charge is 0.256 e. The van der Waals surface area contributed by atoms with Crippen LogP contribution in [0.3, 0.4) is 0 Å². The lowest BCUT2D eigenvalue weighted by Gasteiger charge is -2.35. The molecule has 0 bridgehead atoms. The third kappa shape index (κ3) is 2.79. The zero-order valence-electron chi connectivity index (χ0n) is 13.8. The number of carbonyl (C=O) groups is 1. The van der Waals surface area contributed by atoms with Crippen LogP contribution >= 0.6 is 0 Å². The molecule has 1 fully saturated rings. The van der Waals surface area contributed by atoms with Gasteiger partial charge in [0.2, 0.25) is 0 Å². The van der Waals surface area contributed by atoms with Gasteiger partial charge in [-0.1, -0.05) is 12.1 Å². The predicted molar refractivity (Wildman–Crippen MR) is 90.0 cm³/mol. The van der Waals surface area contributed by atoms with Crippen LogP contribution in [0.2, 0.25) is 0 Å². The van der Waals surface area contributed by atoms with E-state index >= 15 is 0 Å². The molecule has 0 unspecified atom stereocenters. The summed E-state index contributed by atoms with van der Waals surface area (Å²) in [6.07, 6.45) is 0. The van der Waals surface area contributed by atoms with E-state index < -0.39 is 5.82 Å². The fourth-order valence-electron chi connectivity index (χ4n) is 3.00. The van der Waals surface area contributed by atoms with Crippen molar-refractivity contribution in [3.05, 3.63) is 53.6 Å². The van der Waals surface area contributed by atoms with E-state index in [0.717, 1.165) is 11.6 Å². The van der Waals surface area contributed by atoms with E-state index in [4.69, 9.17) is 0 Å². The molecule has 3 heterocycles. The number of hydrogen-bond donors (Lipinski definition) is 0. The Labute approximate surface area is 143 Å². The van der Waals surface area contributed by atoms with Crippen molar-refractivity contribution >= 4 is 17.4 Å². The molecule has 1 aromatic carbocycles. The first-order valence-corrected chi connectivity index (χ1v) is 8.11. The van der Waals surface area contributed by atoms with Gasteiger partial charge in [0.25, 0.3) is 5.91 Å². The molecule has 0 spiro atoms. The largest absolute Gasteiger partial charge is 0.352 e. The van der Waals surface area contributed by atoms with Crippen LogP contribution in [-0.2, 0) is 0 Å². The van der Waals surface area contributed by atoms with E-state index in [1.54, 1.807) is 21.5 Å². The predicted octanol–water partition coefficient (Wildman–Crippen LogP) is 1.53. The van der Waals surface area contributed by atoms with Crippen molar-refractivity contribution in [1.29, 1.82) is 0 Å². The first-order chi connectivity index (χ1) is 12.1. The Kier molecular flexibility index (Phi) is 3.79. The van der Waals surface area contributed by atoms with Crippen molar-refractivity contribution < 1.29 is 9.18 Å². The molecular weight excluding hydrogens is 323 g/mol. The first kappa shape index (κ1) is 15.5. The van der Waals surface area contributed by atoms with Gasteiger partial charge < -0.3 is 9.80 Å². The van der Waals surface area contributed by atoms with Crippen molar-refractivity contribution in [3.8, 4) is 0 Å². The molecule has 1 saturated heterocycles. The minimum Gasteiger partial charge on any atom is -0.352 e. The van der Waals surface area contributed by atoms with Gasteiger partial charge >= 0.3 is 0 Å². The maximum atomic E-state index is 13.8. The number of nitrogens with zero attached hydrogens (tertiary/aromatic N) is 6. The molecule has 0 N–H and O–H groups in total. The van der Waals surface area contributed by atoms with Gasteiger partial charge in [-0.15, -0.1) is 15.3 Å². The van der Waals surface area contributed by atoms with E-state index in [2.05, 4.69) is 20.2 Å². The molecule has 8 heteroatoms. The molecule has 0 radical (unpaired) electrons. The fourth-order valence-corrected chi connectivity index (χ4v) is 3.00. The molecule has 25 heavy (non-hydrogen) atoms. The molecule has 128 valence electrons. The summed E-state index contributed by atoms with van der Waals surface area (Å²) in [6.45, 7) is 4.17. The zero-order chi connectivity index (χ0) is 17.4. The monoisotopic (exact) mass is 340 g/mol. The van der Waals surface area contributed by atoms with E-state index in [0.29, 0.717) is 31.8 Å². The lowest BCUT2D eigenvalue weighted by atomic mass is 10.1. The number of anilines is 1. The molecule has 3 aromatic rings. The summed E-state index contributed by atoms with van der Waals surface area (Å²) in [4.78, 5) is 16.3. The summed E-state index contributed by atoms with van der Waals surface area (Å²) in [7, 11) is 0. The van der Waals surface area contributed by atoms with Crippen LogP contribution in [0, 0.1) is 12.7 Å². The SMILES string of the molecule is Cc1nnc2ccc(N3CCN(C(=O)c4ccccc4F)CC3)nn12. The average molecular weight is 340 g/mol. The number of benzene rings is 1. The molecule has 4 rings (SSSR count). The highest BCUT2D eigenvalue weighted by atomic mass is 19.1. The summed E-state index contributed by atoms with van der Waals surface area (Å²) in [6, 6.07) is 9.86. The first-order valence-electron chi connectivity index (χ1n) is 8.11. The van der Waals surface area contributed by atoms with Crippen molar-refractivity contribution in [2.45, 2.75) is 6.92 Å². The van der Waals surface area contributed by atoms with Crippen molar-refractivity contribution in [1.82, 2.24) is 24.7 Å². The van der Waals surface area contributed by atoms with Crippen LogP contribution in [-0.4, -0.2) is 56.8 Å². The summed E-state index contributed by atoms with van der Waals surface area (Å²) in [5, 5.41) is 12.6. The van der Waals surface area contributed by atoms with Crippen LogP contribution in [0.5, 0.6) is 0 Å². The number of rotatable bonds is 2. The van der Waals surface area contributed by atoms with Gasteiger partial charge in [-0.3, -0.25) is 4.79 Å². The van der Waals surface area contributed by atoms with Crippen LogP contribution in [0.15, 0.2) is 36.4 Å². The molecule has 2 aromatic heterocycles. The lowest BCUT2D eigenvalue weighted by Crippen LogP contribution is -2.49. The van der Waals surface area contributed by atoms with E-state index in [-0.39, 0.29) is 11.5 Å². The second-order valence-corrected chi connectivity index (χ2v) is 5.97. The summed E-state index contributed by atoms with van der Waals surface area (Å²) in [5.41, 5.74) is 0.824. The molecule has 1 amide bonds. The number of aromatic nitrogens is 4. The zero-order valence-corrected chi connectivity index (χ0v) is 13.8. The number of hydrogen-bond acceptors (Lipinski definition) is 5. The third-order valence-electron chi connectivity index (χ3n) is 4.40. The molecule has 0 saturated carbocycles. The van der Waals surface area contributed by atoms with Gasteiger partial charge in [0, 0.05) is 26.2 Å². The number of aryl methyl sites for hydroxylation is 1. The van der Waals surface area contributed by atoms with Crippen molar-refractivity contribution in [2.24, 2.45) is 0 Å². The van der Waals surface area contributed by atoms with Gasteiger partial charge in [0.15, 0.2) is 11.5 Å². The van der Waals surface area contributed by atoms with Gasteiger partial charge in [-0.25, -0.2) is 4.39 Å². The number of piperazine rings is 1. The van der Waals surface area contributed by atoms with E-state index in [1.165, 1.54) is 12.1 Å². The maximum Gasteiger partial charge on any atom is 0.256 e. The quantitative estimate of drug-likeness (QED) is 0.708. The second-order valence-electron chi connectivity index (χ2n) is 5.97. The highest BCUT2D eigenvalue weighted by Gasteiger charge is 2.24. The minimum atomic E-state index is -0.481. The highest BCUT2D eigenvalue weighted by molar-refractivity contribution is 5.94. The Morgan fingerprint density at radius 3 is 2.56 bits per heavy atom. The van der Waals surface area contributed by atoms with Gasteiger partial charge in [-0.2, -0.15) is 4.52 Å². The number of halogens is 1. The summed E-state index contributed by atoms with van der Waals surface area (Å²) in [5.74, 6) is 0.791. The average Bonchev–Trinajstić information content (AvgIpc) is 3.02. The third-order valence-corrected chi connectivity index (χ3v) is 4.40. The molecule has 7 nitrogen and oxygen atoms in total. The Morgan fingerprint density at radius 2 is 1.80 bits per heavy atom. The maximum absolute atomic E-state index is 13.8. The van der Waals surface area contributed by atoms with Crippen LogP contribution in [0.25, 0.3) is 5.65 Å². The molecule has 1 aliphatic heterocycles. The minimum absolute atomic E-state index is 0.121. The fraction of sp³-hybridized carbons (Fsp3) is 0.294. The normalized spacial score (nSPS) is 15.0. The lowest BCUT2D eigenvalue weighted by molar-refractivity contribution is 0.0741. The van der Waals surface area contributed by atoms with Crippen molar-refractivity contribution in [3.63, 3.8) is 0 Å². The van der Waals surface area contributed by atoms with Crippen LogP contribution in [0.1, 0.15) is 16.2 Å². The second kappa shape index (κ2) is 6.12. The molecule has 0 aliphatic carbocycles. The van der Waals surface area contributed by atoms with Gasteiger partial charge in [0.05, 0.1) is 5.56 Å². The Hall–Kier alpha value is -3.03. The summed E-state index contributed by atoms with van der Waals surface area (Å²) < 4.78 is 15.5. The topological polar surface area (TPSA) is 66.6 Å². The van der Waals surface area contributed by atoms with E-state index in [1.807, 2.05) is 19.1 Å². The standard InChI is InChI=1S/C17H17FN6O/c1-12-19-20-15-6-7-16(21-24(12)15)22-8-10-23(11-9-22)17(25)13-4-2-3-5-14(13)18/h2-7H,8-11H2,1H3. The van der Waals surface area contributed by atoms with Gasteiger partial charge in [-0.05, 0) is 31.2 Å². The number of amides is 1. The highest BCUT2D eigenvalue weighted by Crippen LogP contribution is 2.17. The Morgan fingerprint density at radius 1 is 1.04 bits per heavy atom. The Bertz CT molecular complexity index is 932. The van der Waals surface area contributed by atoms with Crippen LogP contribution < -0.4 is 4.90 Å². The number of carbonyl (C=O) groups excluding carboxylic acids is 1. The Balaban J connectivity index is 1.48. The van der Waals surface area contributed by atoms with Gasteiger partial charge in [0.1, 0.15) is 11.6 Å². The van der Waals surface area contributed by atoms with E-state index in [9.17, 15) is 9.18 Å². The molecule has 0 atom stereocenters. The number of fused-ring (bicyclic) bond motifs is 1. The van der Waals surface area contributed by atoms with Crippen molar-refractivity contribution in [2.75, 3.05) is 31.1 Å². The molecular formula is C17H17FN6O.